The molecule has 0 aromatic carbocycles. The Kier molecular flexibility index (Phi) is 3.74. The van der Waals surface area contributed by atoms with E-state index in [1.54, 1.807) is 0 Å². The van der Waals surface area contributed by atoms with E-state index in [0.717, 1.165) is 24.3 Å². The van der Waals surface area contributed by atoms with Crippen LogP contribution in [-0.4, -0.2) is 40.4 Å². The molecule has 2 saturated heterocycles. The van der Waals surface area contributed by atoms with Gasteiger partial charge in [0.1, 0.15) is 5.56 Å². The molecule has 1 amide bonds. The Labute approximate surface area is 129 Å². The first-order valence-electron chi connectivity index (χ1n) is 6.98. The first-order valence-corrected chi connectivity index (χ1v) is 8.13. The second-order valence-electron chi connectivity index (χ2n) is 5.90. The Morgan fingerprint density at radius 1 is 1.27 bits per heavy atom. The normalized spacial score (nSPS) is 20.8. The average Bonchev–Trinajstić information content (AvgIpc) is 2.44. The SMILES string of the molecule is O=C(c1cc(C(F)(F)F)c[nH]c1=O)N1CC2(CCSCC2)C1. The number of nitrogens with one attached hydrogen (secondary N) is 1. The fourth-order valence-electron chi connectivity index (χ4n) is 3.00. The molecular weight excluding hydrogens is 317 g/mol. The number of alkyl halides is 3. The molecule has 1 aromatic rings. The molecule has 8 heteroatoms. The van der Waals surface area contributed by atoms with Gasteiger partial charge in [0.05, 0.1) is 5.56 Å². The van der Waals surface area contributed by atoms with E-state index in [2.05, 4.69) is 0 Å². The monoisotopic (exact) mass is 332 g/mol. The lowest BCUT2D eigenvalue weighted by Crippen LogP contribution is -2.60. The zero-order chi connectivity index (χ0) is 16.0. The van der Waals surface area contributed by atoms with Crippen molar-refractivity contribution in [2.24, 2.45) is 5.41 Å². The topological polar surface area (TPSA) is 53.2 Å². The van der Waals surface area contributed by atoms with Crippen LogP contribution in [0.2, 0.25) is 0 Å². The minimum absolute atomic E-state index is 0.106. The van der Waals surface area contributed by atoms with E-state index < -0.39 is 28.8 Å². The predicted octanol–water partition coefficient (Wildman–Crippen LogP) is 2.36. The Morgan fingerprint density at radius 2 is 1.91 bits per heavy atom. The number of hydrogen-bond acceptors (Lipinski definition) is 3. The van der Waals surface area contributed by atoms with Gasteiger partial charge in [0.25, 0.3) is 11.5 Å². The van der Waals surface area contributed by atoms with Crippen molar-refractivity contribution in [1.29, 1.82) is 0 Å². The molecule has 0 unspecified atom stereocenters. The van der Waals surface area contributed by atoms with Gasteiger partial charge in [-0.05, 0) is 30.4 Å². The molecule has 0 atom stereocenters. The summed E-state index contributed by atoms with van der Waals surface area (Å²) in [5.74, 6) is 1.48. The molecular formula is C14H15F3N2O2S. The van der Waals surface area contributed by atoms with Crippen LogP contribution in [0, 0.1) is 5.41 Å². The highest BCUT2D eigenvalue weighted by molar-refractivity contribution is 7.99. The van der Waals surface area contributed by atoms with Crippen LogP contribution in [0.3, 0.4) is 0 Å². The Balaban J connectivity index is 1.77. The molecule has 22 heavy (non-hydrogen) atoms. The summed E-state index contributed by atoms with van der Waals surface area (Å²) in [6.45, 7) is 1.06. The number of likely N-dealkylation sites (tertiary alicyclic amines) is 1. The minimum Gasteiger partial charge on any atom is -0.337 e. The van der Waals surface area contributed by atoms with E-state index in [9.17, 15) is 22.8 Å². The summed E-state index contributed by atoms with van der Waals surface area (Å²) in [5.41, 5.74) is -2.12. The molecule has 2 aliphatic rings. The average molecular weight is 332 g/mol. The van der Waals surface area contributed by atoms with Gasteiger partial charge in [0, 0.05) is 24.7 Å². The van der Waals surface area contributed by atoms with Crippen molar-refractivity contribution in [2.45, 2.75) is 19.0 Å². The third-order valence-corrected chi connectivity index (χ3v) is 5.34. The van der Waals surface area contributed by atoms with Crippen molar-refractivity contribution in [3.05, 3.63) is 33.7 Å². The van der Waals surface area contributed by atoms with Crippen molar-refractivity contribution in [3.8, 4) is 0 Å². The third-order valence-electron chi connectivity index (χ3n) is 4.35. The number of H-pyrrole nitrogens is 1. The van der Waals surface area contributed by atoms with Crippen LogP contribution in [0.15, 0.2) is 17.1 Å². The first kappa shape index (κ1) is 15.5. The van der Waals surface area contributed by atoms with Crippen molar-refractivity contribution < 1.29 is 18.0 Å². The van der Waals surface area contributed by atoms with Crippen molar-refractivity contribution in [2.75, 3.05) is 24.6 Å². The van der Waals surface area contributed by atoms with E-state index in [-0.39, 0.29) is 5.41 Å². The third kappa shape index (κ3) is 2.76. The number of rotatable bonds is 1. The van der Waals surface area contributed by atoms with Gasteiger partial charge in [-0.25, -0.2) is 0 Å². The van der Waals surface area contributed by atoms with Gasteiger partial charge in [-0.2, -0.15) is 24.9 Å². The van der Waals surface area contributed by atoms with E-state index in [0.29, 0.717) is 25.4 Å². The summed E-state index contributed by atoms with van der Waals surface area (Å²) in [6, 6.07) is 0.642. The van der Waals surface area contributed by atoms with Gasteiger partial charge in [0.2, 0.25) is 0 Å². The summed E-state index contributed by atoms with van der Waals surface area (Å²) >= 11 is 1.88. The van der Waals surface area contributed by atoms with Crippen molar-refractivity contribution in [1.82, 2.24) is 9.88 Å². The van der Waals surface area contributed by atoms with Crippen LogP contribution in [0.1, 0.15) is 28.8 Å². The number of hydrogen-bond donors (Lipinski definition) is 1. The summed E-state index contributed by atoms with van der Waals surface area (Å²) < 4.78 is 38.1. The lowest BCUT2D eigenvalue weighted by Gasteiger charge is -2.52. The zero-order valence-electron chi connectivity index (χ0n) is 11.7. The summed E-state index contributed by atoms with van der Waals surface area (Å²) in [7, 11) is 0. The quantitative estimate of drug-likeness (QED) is 0.859. The summed E-state index contributed by atoms with van der Waals surface area (Å²) in [4.78, 5) is 27.4. The number of thioether (sulfide) groups is 1. The van der Waals surface area contributed by atoms with Crippen LogP contribution >= 0.6 is 11.8 Å². The molecule has 2 aliphatic heterocycles. The maximum absolute atomic E-state index is 12.7. The molecule has 0 saturated carbocycles. The van der Waals surface area contributed by atoms with Gasteiger partial charge >= 0.3 is 6.18 Å². The number of amides is 1. The van der Waals surface area contributed by atoms with E-state index >= 15 is 0 Å². The first-order chi connectivity index (χ1) is 10.3. The molecule has 1 spiro atoms. The molecule has 3 heterocycles. The molecule has 3 rings (SSSR count). The summed E-state index contributed by atoms with van der Waals surface area (Å²) in [6.07, 6.45) is -1.97. The van der Waals surface area contributed by atoms with E-state index in [4.69, 9.17) is 0 Å². The molecule has 4 nitrogen and oxygen atoms in total. The highest BCUT2D eigenvalue weighted by Crippen LogP contribution is 2.43. The van der Waals surface area contributed by atoms with E-state index in [1.165, 1.54) is 4.90 Å². The molecule has 0 radical (unpaired) electrons. The maximum Gasteiger partial charge on any atom is 0.417 e. The fraction of sp³-hybridized carbons (Fsp3) is 0.571. The van der Waals surface area contributed by atoms with Crippen LogP contribution in [0.4, 0.5) is 13.2 Å². The number of halogens is 3. The van der Waals surface area contributed by atoms with Crippen molar-refractivity contribution >= 4 is 17.7 Å². The minimum atomic E-state index is -4.59. The molecule has 0 aliphatic carbocycles. The van der Waals surface area contributed by atoms with Gasteiger partial charge in [-0.3, -0.25) is 9.59 Å². The Hall–Kier alpha value is -1.44. The number of carbonyl (C=O) groups is 1. The van der Waals surface area contributed by atoms with Gasteiger partial charge in [0.15, 0.2) is 0 Å². The van der Waals surface area contributed by atoms with Crippen LogP contribution < -0.4 is 5.56 Å². The molecule has 0 bridgehead atoms. The van der Waals surface area contributed by atoms with Crippen molar-refractivity contribution in [3.63, 3.8) is 0 Å². The lowest BCUT2D eigenvalue weighted by atomic mass is 9.74. The van der Waals surface area contributed by atoms with Crippen LogP contribution in [0.25, 0.3) is 0 Å². The molecule has 1 aromatic heterocycles. The summed E-state index contributed by atoms with van der Waals surface area (Å²) in [5, 5.41) is 0. The van der Waals surface area contributed by atoms with Gasteiger partial charge < -0.3 is 9.88 Å². The largest absolute Gasteiger partial charge is 0.417 e. The Morgan fingerprint density at radius 3 is 2.50 bits per heavy atom. The second-order valence-corrected chi connectivity index (χ2v) is 7.13. The highest BCUT2D eigenvalue weighted by Gasteiger charge is 2.46. The Bertz CT molecular complexity index is 642. The number of aromatic amines is 1. The molecule has 1 N–H and O–H groups in total. The van der Waals surface area contributed by atoms with Gasteiger partial charge in [-0.1, -0.05) is 0 Å². The van der Waals surface area contributed by atoms with E-state index in [1.807, 2.05) is 16.7 Å². The standard InChI is InChI=1S/C14H15F3N2O2S/c15-14(16,17)9-5-10(11(20)18-6-9)12(21)19-7-13(8-19)1-3-22-4-2-13/h5-6H,1-4,7-8H2,(H,18,20). The number of nitrogens with zero attached hydrogens (tertiary/aromatic N) is 1. The second kappa shape index (κ2) is 5.33. The molecule has 2 fully saturated rings. The van der Waals surface area contributed by atoms with Crippen LogP contribution in [0.5, 0.6) is 0 Å². The van der Waals surface area contributed by atoms with Crippen LogP contribution in [-0.2, 0) is 6.18 Å². The van der Waals surface area contributed by atoms with Gasteiger partial charge in [-0.15, -0.1) is 0 Å². The maximum atomic E-state index is 12.7. The smallest absolute Gasteiger partial charge is 0.337 e. The number of carbonyl (C=O) groups excluding carboxylic acids is 1. The highest BCUT2D eigenvalue weighted by atomic mass is 32.2. The zero-order valence-corrected chi connectivity index (χ0v) is 12.5. The number of aromatic nitrogens is 1. The fourth-order valence-corrected chi connectivity index (χ4v) is 4.36. The molecule has 120 valence electrons. The number of pyridine rings is 1. The predicted molar refractivity (Wildman–Crippen MR) is 77.0 cm³/mol. The lowest BCUT2D eigenvalue weighted by molar-refractivity contribution is -0.137.